The number of nitrogens with one attached hydrogen (secondary N) is 2. The fourth-order valence-electron chi connectivity index (χ4n) is 2.49. The number of carbonyl (C=O) groups is 1. The topological polar surface area (TPSA) is 50.4 Å². The molecule has 1 saturated heterocycles. The molecule has 24 heavy (non-hydrogen) atoms. The lowest BCUT2D eigenvalue weighted by Crippen LogP contribution is -2.48. The van der Waals surface area contributed by atoms with Gasteiger partial charge in [-0.05, 0) is 35.4 Å². The predicted octanol–water partition coefficient (Wildman–Crippen LogP) is 2.80. The number of ether oxygens (including phenoxy) is 1. The van der Waals surface area contributed by atoms with Gasteiger partial charge in [-0.3, -0.25) is 4.79 Å². The molecule has 1 heterocycles. The molecular weight excluding hydrogens is 324 g/mol. The molecule has 0 radical (unpaired) electrons. The Hall–Kier alpha value is -2.04. The zero-order chi connectivity index (χ0) is 16.8. The van der Waals surface area contributed by atoms with Crippen molar-refractivity contribution in [2.24, 2.45) is 5.92 Å². The molecule has 1 aliphatic rings. The SMILES string of the molecule is O=C(Cc1cccc(OCc2ccc(Cl)cc2)c1)NCC1CNC1. The molecule has 2 aromatic rings. The van der Waals surface area contributed by atoms with Crippen LogP contribution in [0.5, 0.6) is 5.75 Å². The van der Waals surface area contributed by atoms with Gasteiger partial charge in [0, 0.05) is 30.6 Å². The third-order valence-electron chi connectivity index (χ3n) is 4.04. The number of halogens is 1. The summed E-state index contributed by atoms with van der Waals surface area (Å²) >= 11 is 5.87. The van der Waals surface area contributed by atoms with Gasteiger partial charge in [0.05, 0.1) is 6.42 Å². The average molecular weight is 345 g/mol. The van der Waals surface area contributed by atoms with Crippen LogP contribution in [0.25, 0.3) is 0 Å². The minimum Gasteiger partial charge on any atom is -0.489 e. The lowest BCUT2D eigenvalue weighted by atomic mass is 10.0. The van der Waals surface area contributed by atoms with E-state index in [0.717, 1.165) is 36.5 Å². The van der Waals surface area contributed by atoms with E-state index in [0.29, 0.717) is 24.0 Å². The number of hydrogen-bond acceptors (Lipinski definition) is 3. The smallest absolute Gasteiger partial charge is 0.224 e. The summed E-state index contributed by atoms with van der Waals surface area (Å²) in [5.41, 5.74) is 2.00. The van der Waals surface area contributed by atoms with Crippen LogP contribution < -0.4 is 15.4 Å². The standard InChI is InChI=1S/C19H21ClN2O2/c20-17-6-4-14(5-7-17)13-24-18-3-1-2-15(8-18)9-19(23)22-12-16-10-21-11-16/h1-8,16,21H,9-13H2,(H,22,23). The Morgan fingerprint density at radius 3 is 2.67 bits per heavy atom. The normalized spacial score (nSPS) is 14.0. The van der Waals surface area contributed by atoms with E-state index in [4.69, 9.17) is 16.3 Å². The largest absolute Gasteiger partial charge is 0.489 e. The van der Waals surface area contributed by atoms with E-state index in [1.54, 1.807) is 0 Å². The number of carbonyl (C=O) groups excluding carboxylic acids is 1. The van der Waals surface area contributed by atoms with Crippen LogP contribution in [0.15, 0.2) is 48.5 Å². The summed E-state index contributed by atoms with van der Waals surface area (Å²) in [6.45, 7) is 3.21. The van der Waals surface area contributed by atoms with Gasteiger partial charge in [-0.15, -0.1) is 0 Å². The first kappa shape index (κ1) is 16.8. The molecule has 1 aliphatic heterocycles. The lowest BCUT2D eigenvalue weighted by molar-refractivity contribution is -0.120. The summed E-state index contributed by atoms with van der Waals surface area (Å²) in [7, 11) is 0. The van der Waals surface area contributed by atoms with Crippen molar-refractivity contribution in [3.63, 3.8) is 0 Å². The van der Waals surface area contributed by atoms with Gasteiger partial charge in [-0.1, -0.05) is 35.9 Å². The highest BCUT2D eigenvalue weighted by Gasteiger charge is 2.17. The highest BCUT2D eigenvalue weighted by atomic mass is 35.5. The molecule has 0 aliphatic carbocycles. The highest BCUT2D eigenvalue weighted by Crippen LogP contribution is 2.17. The Morgan fingerprint density at radius 2 is 1.96 bits per heavy atom. The molecule has 0 saturated carbocycles. The average Bonchev–Trinajstić information content (AvgIpc) is 2.53. The molecular formula is C19H21ClN2O2. The van der Waals surface area contributed by atoms with Crippen LogP contribution in [0.4, 0.5) is 0 Å². The summed E-state index contributed by atoms with van der Waals surface area (Å²) in [4.78, 5) is 12.0. The molecule has 0 unspecified atom stereocenters. The molecule has 1 fully saturated rings. The summed E-state index contributed by atoms with van der Waals surface area (Å²) in [6.07, 6.45) is 0.373. The summed E-state index contributed by atoms with van der Waals surface area (Å²) in [5.74, 6) is 1.39. The van der Waals surface area contributed by atoms with E-state index in [1.165, 1.54) is 0 Å². The summed E-state index contributed by atoms with van der Waals surface area (Å²) in [6, 6.07) is 15.2. The van der Waals surface area contributed by atoms with Crippen LogP contribution in [0, 0.1) is 5.92 Å². The van der Waals surface area contributed by atoms with Gasteiger partial charge < -0.3 is 15.4 Å². The van der Waals surface area contributed by atoms with Crippen molar-refractivity contribution in [1.82, 2.24) is 10.6 Å². The molecule has 1 amide bonds. The van der Waals surface area contributed by atoms with Crippen LogP contribution in [-0.2, 0) is 17.8 Å². The van der Waals surface area contributed by atoms with Crippen LogP contribution >= 0.6 is 11.6 Å². The fraction of sp³-hybridized carbons (Fsp3) is 0.316. The highest BCUT2D eigenvalue weighted by molar-refractivity contribution is 6.30. The Balaban J connectivity index is 1.49. The number of rotatable bonds is 7. The maximum atomic E-state index is 12.0. The van der Waals surface area contributed by atoms with E-state index < -0.39 is 0 Å². The van der Waals surface area contributed by atoms with Gasteiger partial charge in [-0.25, -0.2) is 0 Å². The monoisotopic (exact) mass is 344 g/mol. The lowest BCUT2D eigenvalue weighted by Gasteiger charge is -2.27. The van der Waals surface area contributed by atoms with E-state index in [-0.39, 0.29) is 5.91 Å². The van der Waals surface area contributed by atoms with E-state index in [1.807, 2.05) is 48.5 Å². The molecule has 0 atom stereocenters. The van der Waals surface area contributed by atoms with Gasteiger partial charge in [0.25, 0.3) is 0 Å². The third-order valence-corrected chi connectivity index (χ3v) is 4.29. The second-order valence-electron chi connectivity index (χ2n) is 6.07. The quantitative estimate of drug-likeness (QED) is 0.812. The molecule has 3 rings (SSSR count). The Morgan fingerprint density at radius 1 is 1.17 bits per heavy atom. The molecule has 126 valence electrons. The zero-order valence-electron chi connectivity index (χ0n) is 13.4. The third kappa shape index (κ3) is 4.98. The molecule has 2 N–H and O–H groups in total. The minimum atomic E-state index is 0.0525. The predicted molar refractivity (Wildman–Crippen MR) is 95.3 cm³/mol. The van der Waals surface area contributed by atoms with Crippen LogP contribution in [0.3, 0.4) is 0 Å². The second kappa shape index (κ2) is 8.18. The first-order chi connectivity index (χ1) is 11.7. The van der Waals surface area contributed by atoms with Crippen LogP contribution in [0.1, 0.15) is 11.1 Å². The van der Waals surface area contributed by atoms with Gasteiger partial charge >= 0.3 is 0 Å². The number of amides is 1. The van der Waals surface area contributed by atoms with Gasteiger partial charge in [0.1, 0.15) is 12.4 Å². The minimum absolute atomic E-state index is 0.0525. The maximum absolute atomic E-state index is 12.0. The van der Waals surface area contributed by atoms with E-state index >= 15 is 0 Å². The Kier molecular flexibility index (Phi) is 5.72. The molecule has 4 nitrogen and oxygen atoms in total. The van der Waals surface area contributed by atoms with Crippen LogP contribution in [0.2, 0.25) is 5.02 Å². The second-order valence-corrected chi connectivity index (χ2v) is 6.50. The molecule has 0 bridgehead atoms. The van der Waals surface area contributed by atoms with Crippen molar-refractivity contribution in [3.05, 3.63) is 64.7 Å². The van der Waals surface area contributed by atoms with Crippen molar-refractivity contribution in [3.8, 4) is 5.75 Å². The first-order valence-corrected chi connectivity index (χ1v) is 8.50. The Bertz CT molecular complexity index is 684. The van der Waals surface area contributed by atoms with Crippen molar-refractivity contribution < 1.29 is 9.53 Å². The summed E-state index contributed by atoms with van der Waals surface area (Å²) in [5, 5.41) is 6.89. The molecule has 0 aromatic heterocycles. The van der Waals surface area contributed by atoms with Crippen molar-refractivity contribution >= 4 is 17.5 Å². The number of hydrogen-bond donors (Lipinski definition) is 2. The van der Waals surface area contributed by atoms with Crippen molar-refractivity contribution in [2.45, 2.75) is 13.0 Å². The van der Waals surface area contributed by atoms with Crippen molar-refractivity contribution in [1.29, 1.82) is 0 Å². The van der Waals surface area contributed by atoms with E-state index in [2.05, 4.69) is 10.6 Å². The maximum Gasteiger partial charge on any atom is 0.224 e. The van der Waals surface area contributed by atoms with Gasteiger partial charge in [-0.2, -0.15) is 0 Å². The summed E-state index contributed by atoms with van der Waals surface area (Å²) < 4.78 is 5.80. The fourth-order valence-corrected chi connectivity index (χ4v) is 2.62. The molecule has 0 spiro atoms. The van der Waals surface area contributed by atoms with Crippen molar-refractivity contribution in [2.75, 3.05) is 19.6 Å². The zero-order valence-corrected chi connectivity index (χ0v) is 14.2. The van der Waals surface area contributed by atoms with E-state index in [9.17, 15) is 4.79 Å². The van der Waals surface area contributed by atoms with Gasteiger partial charge in [0.2, 0.25) is 5.91 Å². The molecule has 5 heteroatoms. The first-order valence-electron chi connectivity index (χ1n) is 8.12. The van der Waals surface area contributed by atoms with Crippen LogP contribution in [-0.4, -0.2) is 25.5 Å². The van der Waals surface area contributed by atoms with Gasteiger partial charge in [0.15, 0.2) is 0 Å². The number of benzene rings is 2. The Labute approximate surface area is 147 Å². The molecule has 2 aromatic carbocycles.